The number of aromatic nitrogens is 2. The number of nitrogens with one attached hydrogen (secondary N) is 1. The summed E-state index contributed by atoms with van der Waals surface area (Å²) in [7, 11) is 0. The molecule has 0 bridgehead atoms. The zero-order chi connectivity index (χ0) is 10.7. The molecule has 1 aliphatic rings. The molecule has 2 rings (SSSR count). The van der Waals surface area contributed by atoms with Crippen molar-refractivity contribution in [2.75, 3.05) is 12.3 Å². The zero-order valence-electron chi connectivity index (χ0n) is 8.65. The summed E-state index contributed by atoms with van der Waals surface area (Å²) >= 11 is 0. The van der Waals surface area contributed by atoms with Gasteiger partial charge in [-0.2, -0.15) is 5.10 Å². The Morgan fingerprint density at radius 1 is 1.67 bits per heavy atom. The quantitative estimate of drug-likeness (QED) is 0.751. The maximum absolute atomic E-state index is 11.5. The highest BCUT2D eigenvalue weighted by Crippen LogP contribution is 2.25. The van der Waals surface area contributed by atoms with Crippen LogP contribution in [0.5, 0.6) is 0 Å². The van der Waals surface area contributed by atoms with Gasteiger partial charge in [-0.15, -0.1) is 0 Å². The van der Waals surface area contributed by atoms with Gasteiger partial charge in [-0.25, -0.2) is 0 Å². The van der Waals surface area contributed by atoms with Gasteiger partial charge in [0.1, 0.15) is 0 Å². The van der Waals surface area contributed by atoms with Crippen LogP contribution in [0.15, 0.2) is 12.4 Å². The summed E-state index contributed by atoms with van der Waals surface area (Å²) in [6, 6.07) is 0. The molecule has 15 heavy (non-hydrogen) atoms. The fourth-order valence-corrected chi connectivity index (χ4v) is 1.61. The molecule has 5 nitrogen and oxygen atoms in total. The van der Waals surface area contributed by atoms with Gasteiger partial charge in [-0.1, -0.05) is 6.42 Å². The third kappa shape index (κ3) is 2.49. The normalized spacial score (nSPS) is 16.0. The Bertz CT molecular complexity index is 343. The molecule has 1 saturated carbocycles. The Labute approximate surface area is 88.6 Å². The monoisotopic (exact) mass is 208 g/mol. The van der Waals surface area contributed by atoms with Crippen LogP contribution >= 0.6 is 0 Å². The van der Waals surface area contributed by atoms with Crippen LogP contribution in [0, 0.1) is 5.92 Å². The minimum absolute atomic E-state index is 0.182. The maximum Gasteiger partial charge on any atom is 0.223 e. The number of nitrogen functional groups attached to an aromatic ring is 1. The van der Waals surface area contributed by atoms with Gasteiger partial charge in [0.15, 0.2) is 0 Å². The Morgan fingerprint density at radius 3 is 3.00 bits per heavy atom. The lowest BCUT2D eigenvalue weighted by Crippen LogP contribution is -2.36. The second-order valence-corrected chi connectivity index (χ2v) is 3.96. The fourth-order valence-electron chi connectivity index (χ4n) is 1.61. The highest BCUT2D eigenvalue weighted by Gasteiger charge is 2.24. The summed E-state index contributed by atoms with van der Waals surface area (Å²) in [6.07, 6.45) is 6.64. The standard InChI is InChI=1S/C10H16N4O/c11-9-6-13-14(7-9)5-4-12-10(15)8-2-1-3-8/h6-8H,1-5,11H2,(H,12,15). The van der Waals surface area contributed by atoms with Gasteiger partial charge in [0.2, 0.25) is 5.91 Å². The number of carbonyl (C=O) groups excluding carboxylic acids is 1. The van der Waals surface area contributed by atoms with E-state index >= 15 is 0 Å². The van der Waals surface area contributed by atoms with Crippen molar-refractivity contribution < 1.29 is 4.79 Å². The maximum atomic E-state index is 11.5. The molecule has 0 saturated heterocycles. The number of amides is 1. The molecule has 0 aromatic carbocycles. The van der Waals surface area contributed by atoms with E-state index in [-0.39, 0.29) is 11.8 Å². The van der Waals surface area contributed by atoms with E-state index in [4.69, 9.17) is 5.73 Å². The molecule has 0 radical (unpaired) electrons. The SMILES string of the molecule is Nc1cnn(CCNC(=O)C2CCC2)c1. The molecule has 0 aliphatic heterocycles. The largest absolute Gasteiger partial charge is 0.396 e. The summed E-state index contributed by atoms with van der Waals surface area (Å²) in [5.41, 5.74) is 6.17. The molecular formula is C10H16N4O. The molecular weight excluding hydrogens is 192 g/mol. The number of hydrogen-bond donors (Lipinski definition) is 2. The first kappa shape index (κ1) is 10.0. The van der Waals surface area contributed by atoms with Crippen molar-refractivity contribution in [3.05, 3.63) is 12.4 Å². The van der Waals surface area contributed by atoms with Gasteiger partial charge in [-0.05, 0) is 12.8 Å². The number of nitrogens with zero attached hydrogens (tertiary/aromatic N) is 2. The zero-order valence-corrected chi connectivity index (χ0v) is 8.65. The van der Waals surface area contributed by atoms with Crippen LogP contribution in [0.25, 0.3) is 0 Å². The lowest BCUT2D eigenvalue weighted by molar-refractivity contribution is -0.127. The first-order chi connectivity index (χ1) is 7.25. The van der Waals surface area contributed by atoms with Crippen LogP contribution in [0.1, 0.15) is 19.3 Å². The van der Waals surface area contributed by atoms with Gasteiger partial charge in [0.05, 0.1) is 18.4 Å². The minimum atomic E-state index is 0.182. The van der Waals surface area contributed by atoms with Crippen LogP contribution in [0.4, 0.5) is 5.69 Å². The van der Waals surface area contributed by atoms with Crippen LogP contribution in [-0.4, -0.2) is 22.2 Å². The van der Waals surface area contributed by atoms with Gasteiger partial charge in [0, 0.05) is 18.7 Å². The van der Waals surface area contributed by atoms with E-state index in [9.17, 15) is 4.79 Å². The van der Waals surface area contributed by atoms with Gasteiger partial charge in [0.25, 0.3) is 0 Å². The lowest BCUT2D eigenvalue weighted by Gasteiger charge is -2.23. The van der Waals surface area contributed by atoms with Crippen LogP contribution in [0.2, 0.25) is 0 Å². The van der Waals surface area contributed by atoms with Gasteiger partial charge in [-0.3, -0.25) is 9.48 Å². The van der Waals surface area contributed by atoms with Crippen LogP contribution in [-0.2, 0) is 11.3 Å². The third-order valence-corrected chi connectivity index (χ3v) is 2.77. The second-order valence-electron chi connectivity index (χ2n) is 3.96. The van der Waals surface area contributed by atoms with Crippen molar-refractivity contribution in [3.63, 3.8) is 0 Å². The molecule has 82 valence electrons. The van der Waals surface area contributed by atoms with Crippen molar-refractivity contribution in [1.82, 2.24) is 15.1 Å². The Balaban J connectivity index is 1.68. The third-order valence-electron chi connectivity index (χ3n) is 2.77. The highest BCUT2D eigenvalue weighted by atomic mass is 16.1. The molecule has 1 fully saturated rings. The number of hydrogen-bond acceptors (Lipinski definition) is 3. The van der Waals surface area contributed by atoms with E-state index in [1.807, 2.05) is 0 Å². The van der Waals surface area contributed by atoms with Crippen molar-refractivity contribution in [1.29, 1.82) is 0 Å². The molecule has 0 unspecified atom stereocenters. The molecule has 1 aromatic heterocycles. The number of anilines is 1. The van der Waals surface area contributed by atoms with E-state index in [0.29, 0.717) is 18.8 Å². The summed E-state index contributed by atoms with van der Waals surface area (Å²) in [5, 5.41) is 6.93. The molecule has 1 amide bonds. The van der Waals surface area contributed by atoms with E-state index < -0.39 is 0 Å². The van der Waals surface area contributed by atoms with Crippen molar-refractivity contribution in [2.45, 2.75) is 25.8 Å². The summed E-state index contributed by atoms with van der Waals surface area (Å²) in [6.45, 7) is 1.30. The second kappa shape index (κ2) is 4.33. The Hall–Kier alpha value is -1.52. The molecule has 0 atom stereocenters. The molecule has 1 aromatic rings. The average Bonchev–Trinajstić information content (AvgIpc) is 2.48. The number of rotatable bonds is 4. The van der Waals surface area contributed by atoms with Crippen molar-refractivity contribution in [2.24, 2.45) is 5.92 Å². The predicted octanol–water partition coefficient (Wildman–Crippen LogP) is 0.382. The molecule has 5 heteroatoms. The first-order valence-electron chi connectivity index (χ1n) is 5.31. The fraction of sp³-hybridized carbons (Fsp3) is 0.600. The molecule has 1 heterocycles. The predicted molar refractivity (Wildman–Crippen MR) is 57.0 cm³/mol. The average molecular weight is 208 g/mol. The van der Waals surface area contributed by atoms with Crippen LogP contribution in [0.3, 0.4) is 0 Å². The first-order valence-corrected chi connectivity index (χ1v) is 5.31. The minimum Gasteiger partial charge on any atom is -0.396 e. The van der Waals surface area contributed by atoms with Crippen molar-refractivity contribution >= 4 is 11.6 Å². The topological polar surface area (TPSA) is 72.9 Å². The van der Waals surface area contributed by atoms with Gasteiger partial charge < -0.3 is 11.1 Å². The molecule has 3 N–H and O–H groups in total. The van der Waals surface area contributed by atoms with E-state index in [0.717, 1.165) is 12.8 Å². The van der Waals surface area contributed by atoms with E-state index in [1.165, 1.54) is 6.42 Å². The van der Waals surface area contributed by atoms with E-state index in [1.54, 1.807) is 17.1 Å². The highest BCUT2D eigenvalue weighted by molar-refractivity contribution is 5.79. The van der Waals surface area contributed by atoms with Crippen LogP contribution < -0.4 is 11.1 Å². The Morgan fingerprint density at radius 2 is 2.47 bits per heavy atom. The molecule has 0 spiro atoms. The molecule has 1 aliphatic carbocycles. The Kier molecular flexibility index (Phi) is 2.89. The van der Waals surface area contributed by atoms with E-state index in [2.05, 4.69) is 10.4 Å². The number of nitrogens with two attached hydrogens (primary N) is 1. The lowest BCUT2D eigenvalue weighted by atomic mass is 9.85. The van der Waals surface area contributed by atoms with Gasteiger partial charge >= 0.3 is 0 Å². The summed E-state index contributed by atoms with van der Waals surface area (Å²) in [4.78, 5) is 11.5. The smallest absolute Gasteiger partial charge is 0.223 e. The summed E-state index contributed by atoms with van der Waals surface area (Å²) < 4.78 is 1.73. The van der Waals surface area contributed by atoms with Crippen molar-refractivity contribution in [3.8, 4) is 0 Å². The number of carbonyl (C=O) groups is 1. The summed E-state index contributed by atoms with van der Waals surface area (Å²) in [5.74, 6) is 0.439.